The van der Waals surface area contributed by atoms with Gasteiger partial charge in [0, 0.05) is 13.6 Å². The van der Waals surface area contributed by atoms with Crippen molar-refractivity contribution in [2.45, 2.75) is 18.4 Å². The topological polar surface area (TPSA) is 74.7 Å². The summed E-state index contributed by atoms with van der Waals surface area (Å²) in [5, 5.41) is 10.5. The van der Waals surface area contributed by atoms with Crippen LogP contribution in [0.15, 0.2) is 40.6 Å². The van der Waals surface area contributed by atoms with E-state index in [1.165, 1.54) is 18.5 Å². The minimum absolute atomic E-state index is 0.158. The van der Waals surface area contributed by atoms with E-state index in [1.807, 2.05) is 31.2 Å². The summed E-state index contributed by atoms with van der Waals surface area (Å²) in [6.07, 6.45) is 0. The van der Waals surface area contributed by atoms with Gasteiger partial charge in [-0.1, -0.05) is 29.8 Å². The van der Waals surface area contributed by atoms with Crippen LogP contribution in [0.4, 0.5) is 0 Å². The average Bonchev–Trinajstić information content (AvgIpc) is 2.91. The van der Waals surface area contributed by atoms with Gasteiger partial charge in [-0.05, 0) is 23.9 Å². The van der Waals surface area contributed by atoms with Gasteiger partial charge in [-0.2, -0.15) is 4.31 Å². The van der Waals surface area contributed by atoms with Crippen LogP contribution >= 0.6 is 11.3 Å². The Hall–Kier alpha value is -1.70. The van der Waals surface area contributed by atoms with Gasteiger partial charge < -0.3 is 5.11 Å². The fraction of sp³-hybridized carbons (Fsp3) is 0.214. The van der Waals surface area contributed by atoms with E-state index in [2.05, 4.69) is 0 Å². The van der Waals surface area contributed by atoms with Crippen molar-refractivity contribution in [1.82, 2.24) is 4.31 Å². The molecule has 0 aliphatic heterocycles. The Labute approximate surface area is 127 Å². The minimum Gasteiger partial charge on any atom is -0.477 e. The molecule has 21 heavy (non-hydrogen) atoms. The van der Waals surface area contributed by atoms with Crippen LogP contribution in [-0.4, -0.2) is 30.8 Å². The van der Waals surface area contributed by atoms with E-state index in [-0.39, 0.29) is 16.3 Å². The Morgan fingerprint density at radius 2 is 1.86 bits per heavy atom. The minimum atomic E-state index is -3.82. The molecule has 0 spiro atoms. The van der Waals surface area contributed by atoms with Crippen LogP contribution in [-0.2, 0) is 16.6 Å². The van der Waals surface area contributed by atoms with Crippen LogP contribution in [0.2, 0.25) is 0 Å². The Bertz CT molecular complexity index is 748. The van der Waals surface area contributed by atoms with Gasteiger partial charge in [0.2, 0.25) is 10.0 Å². The SMILES string of the molecule is Cc1ccc(CN(C)S(=O)(=O)c2ccsc2C(=O)O)cc1. The van der Waals surface area contributed by atoms with Gasteiger partial charge in [0.25, 0.3) is 0 Å². The number of thiophene rings is 1. The highest BCUT2D eigenvalue weighted by molar-refractivity contribution is 7.89. The van der Waals surface area contributed by atoms with E-state index in [9.17, 15) is 13.2 Å². The summed E-state index contributed by atoms with van der Waals surface area (Å²) in [7, 11) is -2.37. The fourth-order valence-electron chi connectivity index (χ4n) is 1.86. The number of carbonyl (C=O) groups is 1. The number of hydrogen-bond acceptors (Lipinski definition) is 4. The zero-order chi connectivity index (χ0) is 15.6. The molecule has 0 aliphatic carbocycles. The van der Waals surface area contributed by atoms with E-state index in [1.54, 1.807) is 0 Å². The van der Waals surface area contributed by atoms with Crippen LogP contribution in [0, 0.1) is 6.92 Å². The first-order valence-corrected chi connectivity index (χ1v) is 8.47. The third-order valence-electron chi connectivity index (χ3n) is 3.04. The molecule has 7 heteroatoms. The molecule has 5 nitrogen and oxygen atoms in total. The summed E-state index contributed by atoms with van der Waals surface area (Å²) in [5.74, 6) is -1.23. The molecule has 1 N–H and O–H groups in total. The third-order valence-corrected chi connectivity index (χ3v) is 5.91. The molecule has 0 unspecified atom stereocenters. The van der Waals surface area contributed by atoms with Crippen molar-refractivity contribution >= 4 is 27.3 Å². The summed E-state index contributed by atoms with van der Waals surface area (Å²) in [6.45, 7) is 2.15. The molecule has 0 saturated heterocycles. The number of rotatable bonds is 5. The van der Waals surface area contributed by atoms with E-state index in [0.717, 1.165) is 26.8 Å². The number of aryl methyl sites for hydroxylation is 1. The number of nitrogens with zero attached hydrogens (tertiary/aromatic N) is 1. The van der Waals surface area contributed by atoms with Crippen LogP contribution in [0.25, 0.3) is 0 Å². The van der Waals surface area contributed by atoms with Gasteiger partial charge in [0.05, 0.1) is 0 Å². The van der Waals surface area contributed by atoms with Crippen molar-refractivity contribution in [3.8, 4) is 0 Å². The predicted octanol–water partition coefficient (Wildman–Crippen LogP) is 2.58. The molecule has 0 bridgehead atoms. The van der Waals surface area contributed by atoms with Crippen molar-refractivity contribution in [2.75, 3.05) is 7.05 Å². The van der Waals surface area contributed by atoms with E-state index >= 15 is 0 Å². The summed E-state index contributed by atoms with van der Waals surface area (Å²) in [5.41, 5.74) is 1.94. The maximum absolute atomic E-state index is 12.5. The van der Waals surface area contributed by atoms with Crippen LogP contribution < -0.4 is 0 Å². The van der Waals surface area contributed by atoms with Gasteiger partial charge >= 0.3 is 5.97 Å². The summed E-state index contributed by atoms with van der Waals surface area (Å²) in [6, 6.07) is 8.85. The Morgan fingerprint density at radius 1 is 1.24 bits per heavy atom. The van der Waals surface area contributed by atoms with Crippen LogP contribution in [0.1, 0.15) is 20.8 Å². The molecule has 1 heterocycles. The largest absolute Gasteiger partial charge is 0.477 e. The lowest BCUT2D eigenvalue weighted by Gasteiger charge is -2.17. The Kier molecular flexibility index (Phi) is 4.46. The van der Waals surface area contributed by atoms with Crippen LogP contribution in [0.5, 0.6) is 0 Å². The summed E-state index contributed by atoms with van der Waals surface area (Å²) in [4.78, 5) is 10.8. The van der Waals surface area contributed by atoms with Crippen molar-refractivity contribution in [3.63, 3.8) is 0 Å². The van der Waals surface area contributed by atoms with Crippen molar-refractivity contribution in [2.24, 2.45) is 0 Å². The molecule has 0 saturated carbocycles. The van der Waals surface area contributed by atoms with Gasteiger partial charge in [0.1, 0.15) is 9.77 Å². The Morgan fingerprint density at radius 3 is 2.43 bits per heavy atom. The smallest absolute Gasteiger partial charge is 0.347 e. The fourth-order valence-corrected chi connectivity index (χ4v) is 4.25. The van der Waals surface area contributed by atoms with E-state index in [0.29, 0.717) is 0 Å². The lowest BCUT2D eigenvalue weighted by atomic mass is 10.1. The molecule has 0 aliphatic rings. The van der Waals surface area contributed by atoms with Gasteiger partial charge in [-0.3, -0.25) is 0 Å². The summed E-state index contributed by atoms with van der Waals surface area (Å²) >= 11 is 0.905. The lowest BCUT2D eigenvalue weighted by Crippen LogP contribution is -2.27. The molecular formula is C14H15NO4S2. The highest BCUT2D eigenvalue weighted by atomic mass is 32.2. The van der Waals surface area contributed by atoms with Crippen molar-refractivity contribution < 1.29 is 18.3 Å². The normalized spacial score (nSPS) is 11.8. The molecule has 0 amide bonds. The monoisotopic (exact) mass is 325 g/mol. The molecule has 112 valence electrons. The number of benzene rings is 1. The highest BCUT2D eigenvalue weighted by Crippen LogP contribution is 2.25. The lowest BCUT2D eigenvalue weighted by molar-refractivity contribution is 0.0698. The standard InChI is InChI=1S/C14H15NO4S2/c1-10-3-5-11(6-4-10)9-15(2)21(18,19)12-7-8-20-13(12)14(16)17/h3-8H,9H2,1-2H3,(H,16,17). The molecule has 0 radical (unpaired) electrons. The van der Waals surface area contributed by atoms with Crippen LogP contribution in [0.3, 0.4) is 0 Å². The van der Waals surface area contributed by atoms with Gasteiger partial charge in [0.15, 0.2) is 0 Å². The Balaban J connectivity index is 2.28. The molecule has 0 atom stereocenters. The zero-order valence-electron chi connectivity index (χ0n) is 11.6. The van der Waals surface area contributed by atoms with E-state index in [4.69, 9.17) is 5.11 Å². The van der Waals surface area contributed by atoms with Gasteiger partial charge in [-0.15, -0.1) is 11.3 Å². The predicted molar refractivity (Wildman–Crippen MR) is 81.1 cm³/mol. The molecule has 2 rings (SSSR count). The van der Waals surface area contributed by atoms with Gasteiger partial charge in [-0.25, -0.2) is 13.2 Å². The molecule has 2 aromatic rings. The molecular weight excluding hydrogens is 310 g/mol. The average molecular weight is 325 g/mol. The first-order valence-electron chi connectivity index (χ1n) is 6.15. The highest BCUT2D eigenvalue weighted by Gasteiger charge is 2.27. The first kappa shape index (κ1) is 15.7. The molecule has 1 aromatic carbocycles. The molecule has 0 fully saturated rings. The number of hydrogen-bond donors (Lipinski definition) is 1. The number of aromatic carboxylic acids is 1. The summed E-state index contributed by atoms with van der Waals surface area (Å²) < 4.78 is 26.1. The number of sulfonamides is 1. The first-order chi connectivity index (χ1) is 9.82. The van der Waals surface area contributed by atoms with Crippen molar-refractivity contribution in [3.05, 3.63) is 51.7 Å². The zero-order valence-corrected chi connectivity index (χ0v) is 13.2. The number of carboxylic acid groups (broad SMARTS) is 1. The van der Waals surface area contributed by atoms with Crippen molar-refractivity contribution in [1.29, 1.82) is 0 Å². The number of carboxylic acids is 1. The quantitative estimate of drug-likeness (QED) is 0.917. The second-order valence-electron chi connectivity index (χ2n) is 4.67. The third kappa shape index (κ3) is 3.31. The second-order valence-corrected chi connectivity index (χ2v) is 7.60. The maximum Gasteiger partial charge on any atom is 0.347 e. The maximum atomic E-state index is 12.5. The second kappa shape index (κ2) is 5.97. The van der Waals surface area contributed by atoms with E-state index < -0.39 is 16.0 Å². The molecule has 1 aromatic heterocycles.